The van der Waals surface area contributed by atoms with E-state index in [0.29, 0.717) is 18.2 Å². The van der Waals surface area contributed by atoms with Crippen molar-refractivity contribution in [1.29, 1.82) is 5.26 Å². The largest absolute Gasteiger partial charge is 0.457 e. The van der Waals surface area contributed by atoms with Gasteiger partial charge in [-0.2, -0.15) is 5.26 Å². The maximum absolute atomic E-state index is 11.7. The average molecular weight is 342 g/mol. The maximum atomic E-state index is 11.7. The number of hydrogen-bond donors (Lipinski definition) is 2. The molecule has 0 radical (unpaired) electrons. The van der Waals surface area contributed by atoms with Crippen LogP contribution >= 0.6 is 11.6 Å². The van der Waals surface area contributed by atoms with Crippen LogP contribution in [0, 0.1) is 11.3 Å². The van der Waals surface area contributed by atoms with Crippen molar-refractivity contribution in [2.45, 2.75) is 0 Å². The van der Waals surface area contributed by atoms with E-state index in [1.54, 1.807) is 24.3 Å². The number of para-hydroxylation sites is 1. The molecule has 1 amide bonds. The summed E-state index contributed by atoms with van der Waals surface area (Å²) in [6.07, 6.45) is 1.36. The Balaban J connectivity index is 1.97. The van der Waals surface area contributed by atoms with Gasteiger partial charge in [0.2, 0.25) is 0 Å². The van der Waals surface area contributed by atoms with Gasteiger partial charge in [-0.3, -0.25) is 4.79 Å². The number of anilines is 1. The molecule has 2 rings (SSSR count). The Bertz CT molecular complexity index is 737. The molecule has 0 saturated carbocycles. The van der Waals surface area contributed by atoms with Gasteiger partial charge in [0.15, 0.2) is 0 Å². The highest BCUT2D eigenvalue weighted by atomic mass is 35.5. The predicted octanol–water partition coefficient (Wildman–Crippen LogP) is 3.65. The highest BCUT2D eigenvalue weighted by Gasteiger charge is 2.07. The Labute approximate surface area is 145 Å². The molecule has 0 aromatic heterocycles. The standard InChI is InChI=1S/C18H16ClN3O2/c19-10-11-21-18(23)14(12-20)13-22-15-6-8-17(9-7-15)24-16-4-2-1-3-5-16/h1-9,13,22H,10-11H2,(H,21,23)/b14-13-. The highest BCUT2D eigenvalue weighted by molar-refractivity contribution is 6.18. The molecule has 122 valence electrons. The van der Waals surface area contributed by atoms with Crippen molar-refractivity contribution in [3.63, 3.8) is 0 Å². The first kappa shape index (κ1) is 17.4. The Morgan fingerprint density at radius 1 is 1.12 bits per heavy atom. The van der Waals surface area contributed by atoms with Crippen LogP contribution in [0.4, 0.5) is 5.69 Å². The van der Waals surface area contributed by atoms with E-state index in [-0.39, 0.29) is 5.57 Å². The van der Waals surface area contributed by atoms with Crippen molar-refractivity contribution >= 4 is 23.2 Å². The lowest BCUT2D eigenvalue weighted by atomic mass is 10.2. The zero-order valence-electron chi connectivity index (χ0n) is 12.8. The van der Waals surface area contributed by atoms with Crippen LogP contribution < -0.4 is 15.4 Å². The van der Waals surface area contributed by atoms with E-state index < -0.39 is 5.91 Å². The van der Waals surface area contributed by atoms with Crippen LogP contribution in [-0.4, -0.2) is 18.3 Å². The SMILES string of the molecule is N#C/C(=C/Nc1ccc(Oc2ccccc2)cc1)C(=O)NCCCl. The molecule has 0 heterocycles. The Kier molecular flexibility index (Phi) is 6.69. The van der Waals surface area contributed by atoms with Gasteiger partial charge in [-0.05, 0) is 36.4 Å². The van der Waals surface area contributed by atoms with Crippen LogP contribution in [0.25, 0.3) is 0 Å². The number of halogens is 1. The maximum Gasteiger partial charge on any atom is 0.263 e. The highest BCUT2D eigenvalue weighted by Crippen LogP contribution is 2.22. The van der Waals surface area contributed by atoms with Gasteiger partial charge in [0, 0.05) is 24.3 Å². The topological polar surface area (TPSA) is 74.1 Å². The fourth-order valence-corrected chi connectivity index (χ4v) is 1.90. The number of ether oxygens (including phenoxy) is 1. The molecular formula is C18H16ClN3O2. The number of rotatable bonds is 7. The van der Waals surface area contributed by atoms with E-state index in [4.69, 9.17) is 21.6 Å². The minimum absolute atomic E-state index is 0.0234. The second-order valence-corrected chi connectivity index (χ2v) is 5.08. The molecule has 2 aromatic carbocycles. The molecule has 0 spiro atoms. The molecule has 0 fully saturated rings. The first-order valence-electron chi connectivity index (χ1n) is 7.27. The molecule has 24 heavy (non-hydrogen) atoms. The Morgan fingerprint density at radius 2 is 1.79 bits per heavy atom. The molecule has 5 nitrogen and oxygen atoms in total. The molecule has 0 saturated heterocycles. The zero-order valence-corrected chi connectivity index (χ0v) is 13.6. The van der Waals surface area contributed by atoms with Crippen LogP contribution in [0.15, 0.2) is 66.4 Å². The minimum Gasteiger partial charge on any atom is -0.457 e. The molecule has 0 unspecified atom stereocenters. The normalized spacial score (nSPS) is 10.6. The number of nitriles is 1. The molecule has 2 aromatic rings. The summed E-state index contributed by atoms with van der Waals surface area (Å²) >= 11 is 5.49. The first-order valence-corrected chi connectivity index (χ1v) is 7.80. The van der Waals surface area contributed by atoms with E-state index in [1.165, 1.54) is 6.20 Å². The monoisotopic (exact) mass is 341 g/mol. The summed E-state index contributed by atoms with van der Waals surface area (Å²) in [5.41, 5.74) is 0.707. The average Bonchev–Trinajstić information content (AvgIpc) is 2.62. The summed E-state index contributed by atoms with van der Waals surface area (Å²) in [4.78, 5) is 11.7. The third kappa shape index (κ3) is 5.34. The van der Waals surface area contributed by atoms with Gasteiger partial charge in [0.05, 0.1) is 0 Å². The number of nitrogens with one attached hydrogen (secondary N) is 2. The van der Waals surface area contributed by atoms with Gasteiger partial charge in [0.1, 0.15) is 23.1 Å². The van der Waals surface area contributed by atoms with Gasteiger partial charge in [-0.15, -0.1) is 11.6 Å². The molecule has 0 aliphatic rings. The summed E-state index contributed by atoms with van der Waals surface area (Å²) in [6, 6.07) is 18.5. The molecule has 2 N–H and O–H groups in total. The first-order chi connectivity index (χ1) is 11.7. The lowest BCUT2D eigenvalue weighted by Gasteiger charge is -2.07. The van der Waals surface area contributed by atoms with Crippen molar-refractivity contribution in [2.75, 3.05) is 17.7 Å². The van der Waals surface area contributed by atoms with Crippen LogP contribution in [-0.2, 0) is 4.79 Å². The number of benzene rings is 2. The van der Waals surface area contributed by atoms with Gasteiger partial charge < -0.3 is 15.4 Å². The molecule has 0 aliphatic heterocycles. The van der Waals surface area contributed by atoms with Crippen molar-refractivity contribution in [3.8, 4) is 17.6 Å². The quantitative estimate of drug-likeness (QED) is 0.458. The van der Waals surface area contributed by atoms with E-state index in [9.17, 15) is 4.79 Å². The summed E-state index contributed by atoms with van der Waals surface area (Å²) in [5, 5.41) is 14.5. The van der Waals surface area contributed by atoms with Crippen molar-refractivity contribution in [2.24, 2.45) is 0 Å². The van der Waals surface area contributed by atoms with Gasteiger partial charge in [0.25, 0.3) is 5.91 Å². The Morgan fingerprint density at radius 3 is 2.42 bits per heavy atom. The number of carbonyl (C=O) groups is 1. The van der Waals surface area contributed by atoms with Crippen LogP contribution in [0.5, 0.6) is 11.5 Å². The molecule has 0 atom stereocenters. The summed E-state index contributed by atoms with van der Waals surface area (Å²) in [5.74, 6) is 1.27. The third-order valence-electron chi connectivity index (χ3n) is 2.96. The van der Waals surface area contributed by atoms with E-state index >= 15 is 0 Å². The zero-order chi connectivity index (χ0) is 17.2. The van der Waals surface area contributed by atoms with E-state index in [2.05, 4.69) is 10.6 Å². The van der Waals surface area contributed by atoms with Crippen molar-refractivity contribution in [1.82, 2.24) is 5.32 Å². The Hall–Kier alpha value is -2.97. The lowest BCUT2D eigenvalue weighted by molar-refractivity contribution is -0.117. The number of nitrogens with zero attached hydrogens (tertiary/aromatic N) is 1. The fraction of sp³-hybridized carbons (Fsp3) is 0.111. The second-order valence-electron chi connectivity index (χ2n) is 4.70. The van der Waals surface area contributed by atoms with Crippen molar-refractivity contribution < 1.29 is 9.53 Å². The summed E-state index contributed by atoms with van der Waals surface area (Å²) in [7, 11) is 0. The van der Waals surface area contributed by atoms with Crippen molar-refractivity contribution in [3.05, 3.63) is 66.4 Å². The smallest absolute Gasteiger partial charge is 0.263 e. The number of carbonyl (C=O) groups excluding carboxylic acids is 1. The lowest BCUT2D eigenvalue weighted by Crippen LogP contribution is -2.26. The minimum atomic E-state index is -0.463. The molecular weight excluding hydrogens is 326 g/mol. The van der Waals surface area contributed by atoms with Gasteiger partial charge in [-0.1, -0.05) is 18.2 Å². The molecule has 0 bridgehead atoms. The van der Waals surface area contributed by atoms with Gasteiger partial charge >= 0.3 is 0 Å². The van der Waals surface area contributed by atoms with E-state index in [1.807, 2.05) is 36.4 Å². The molecule has 6 heteroatoms. The fourth-order valence-electron chi connectivity index (χ4n) is 1.80. The predicted molar refractivity (Wildman–Crippen MR) is 94.0 cm³/mol. The van der Waals surface area contributed by atoms with Gasteiger partial charge in [-0.25, -0.2) is 0 Å². The number of amides is 1. The number of alkyl halides is 1. The van der Waals surface area contributed by atoms with Crippen LogP contribution in [0.3, 0.4) is 0 Å². The van der Waals surface area contributed by atoms with E-state index in [0.717, 1.165) is 11.4 Å². The summed E-state index contributed by atoms with van der Waals surface area (Å²) in [6.45, 7) is 0.310. The number of hydrogen-bond acceptors (Lipinski definition) is 4. The van der Waals surface area contributed by atoms with Crippen LogP contribution in [0.2, 0.25) is 0 Å². The third-order valence-corrected chi connectivity index (χ3v) is 3.15. The second kappa shape index (κ2) is 9.23. The van der Waals surface area contributed by atoms with Crippen LogP contribution in [0.1, 0.15) is 0 Å². The summed E-state index contributed by atoms with van der Waals surface area (Å²) < 4.78 is 5.69. The molecule has 0 aliphatic carbocycles.